The molecule has 0 aliphatic carbocycles. The number of carbonyl (C=O) groups is 1. The van der Waals surface area contributed by atoms with Crippen molar-refractivity contribution in [1.29, 1.82) is 0 Å². The lowest BCUT2D eigenvalue weighted by atomic mass is 10.2. The number of amides is 1. The molecule has 1 saturated heterocycles. The Kier molecular flexibility index (Phi) is 5.37. The van der Waals surface area contributed by atoms with Crippen LogP contribution < -0.4 is 0 Å². The van der Waals surface area contributed by atoms with Gasteiger partial charge in [0.25, 0.3) is 5.69 Å². The molecule has 8 heteroatoms. The minimum absolute atomic E-state index is 0.000663. The largest absolute Gasteiger partial charge is 0.443 e. The molecule has 1 aliphatic heterocycles. The first-order valence-corrected chi connectivity index (χ1v) is 7.35. The van der Waals surface area contributed by atoms with E-state index in [1.165, 1.54) is 12.1 Å². The average molecular weight is 323 g/mol. The number of nitro groups is 1. The maximum Gasteiger partial charge on any atom is 0.435 e. The summed E-state index contributed by atoms with van der Waals surface area (Å²) in [5.41, 5.74) is 0.669. The number of nitro benzene ring substituents is 1. The third-order valence-corrected chi connectivity index (χ3v) is 3.81. The van der Waals surface area contributed by atoms with Gasteiger partial charge in [0.1, 0.15) is 12.4 Å². The second kappa shape index (κ2) is 7.26. The van der Waals surface area contributed by atoms with Gasteiger partial charge in [0.15, 0.2) is 0 Å². The number of carbonyl (C=O) groups excluding carboxylic acids is 1. The molecule has 1 aliphatic rings. The SMILES string of the molecule is CC(=NC(=O)OCc1ccc([N+](=O)[O-])cc1)N1CC[C@H](S)C1. The van der Waals surface area contributed by atoms with Crippen molar-refractivity contribution in [2.45, 2.75) is 25.2 Å². The number of ether oxygens (including phenoxy) is 1. The highest BCUT2D eigenvalue weighted by atomic mass is 32.1. The summed E-state index contributed by atoms with van der Waals surface area (Å²) >= 11 is 4.39. The predicted octanol–water partition coefficient (Wildman–Crippen LogP) is 2.65. The maximum absolute atomic E-state index is 11.7. The van der Waals surface area contributed by atoms with Crippen LogP contribution in [0.15, 0.2) is 29.3 Å². The molecule has 0 N–H and O–H groups in total. The fourth-order valence-corrected chi connectivity index (χ4v) is 2.44. The van der Waals surface area contributed by atoms with Crippen LogP contribution in [0.5, 0.6) is 0 Å². The highest BCUT2D eigenvalue weighted by molar-refractivity contribution is 7.81. The van der Waals surface area contributed by atoms with Gasteiger partial charge < -0.3 is 9.64 Å². The van der Waals surface area contributed by atoms with Crippen molar-refractivity contribution in [2.75, 3.05) is 13.1 Å². The lowest BCUT2D eigenvalue weighted by Gasteiger charge is -2.16. The van der Waals surface area contributed by atoms with Gasteiger partial charge in [0.2, 0.25) is 0 Å². The van der Waals surface area contributed by atoms with Crippen LogP contribution in [0.3, 0.4) is 0 Å². The first-order chi connectivity index (χ1) is 10.5. The number of hydrogen-bond acceptors (Lipinski definition) is 5. The zero-order valence-corrected chi connectivity index (χ0v) is 13.0. The van der Waals surface area contributed by atoms with Gasteiger partial charge in [-0.15, -0.1) is 0 Å². The van der Waals surface area contributed by atoms with Crippen LogP contribution in [-0.2, 0) is 11.3 Å². The number of aliphatic imine (C=N–C) groups is 1. The second-order valence-electron chi connectivity index (χ2n) is 5.03. The molecule has 0 saturated carbocycles. The molecule has 1 aromatic carbocycles. The van der Waals surface area contributed by atoms with Gasteiger partial charge in [-0.05, 0) is 31.0 Å². The molecule has 2 rings (SSSR count). The van der Waals surface area contributed by atoms with E-state index in [0.717, 1.165) is 19.5 Å². The molecule has 118 valence electrons. The molecule has 0 aromatic heterocycles. The Morgan fingerprint density at radius 3 is 2.73 bits per heavy atom. The minimum atomic E-state index is -0.668. The fourth-order valence-electron chi connectivity index (χ4n) is 2.13. The molecule has 22 heavy (non-hydrogen) atoms. The van der Waals surface area contributed by atoms with Gasteiger partial charge in [-0.25, -0.2) is 4.79 Å². The van der Waals surface area contributed by atoms with E-state index in [1.54, 1.807) is 19.1 Å². The van der Waals surface area contributed by atoms with Gasteiger partial charge in [-0.3, -0.25) is 10.1 Å². The molecule has 1 fully saturated rings. The van der Waals surface area contributed by atoms with E-state index in [1.807, 2.05) is 4.90 Å². The summed E-state index contributed by atoms with van der Waals surface area (Å²) < 4.78 is 5.04. The van der Waals surface area contributed by atoms with Crippen molar-refractivity contribution in [1.82, 2.24) is 4.90 Å². The quantitative estimate of drug-likeness (QED) is 0.304. The van der Waals surface area contributed by atoms with Gasteiger partial charge in [0.05, 0.1) is 4.92 Å². The van der Waals surface area contributed by atoms with Crippen LogP contribution in [-0.4, -0.2) is 40.1 Å². The van der Waals surface area contributed by atoms with E-state index in [2.05, 4.69) is 17.6 Å². The molecule has 0 radical (unpaired) electrons. The number of amidine groups is 1. The van der Waals surface area contributed by atoms with Crippen molar-refractivity contribution in [3.63, 3.8) is 0 Å². The lowest BCUT2D eigenvalue weighted by molar-refractivity contribution is -0.384. The van der Waals surface area contributed by atoms with Crippen molar-refractivity contribution in [3.8, 4) is 0 Å². The van der Waals surface area contributed by atoms with Gasteiger partial charge in [-0.2, -0.15) is 17.6 Å². The summed E-state index contributed by atoms with van der Waals surface area (Å²) in [6.45, 7) is 3.40. The number of likely N-dealkylation sites (tertiary alicyclic amines) is 1. The van der Waals surface area contributed by atoms with E-state index in [0.29, 0.717) is 16.6 Å². The molecule has 1 atom stereocenters. The summed E-state index contributed by atoms with van der Waals surface area (Å²) in [4.78, 5) is 27.6. The summed E-state index contributed by atoms with van der Waals surface area (Å²) in [5, 5.41) is 10.8. The monoisotopic (exact) mass is 323 g/mol. The molecule has 0 spiro atoms. The number of benzene rings is 1. The van der Waals surface area contributed by atoms with E-state index < -0.39 is 11.0 Å². The zero-order chi connectivity index (χ0) is 16.1. The first-order valence-electron chi connectivity index (χ1n) is 6.84. The van der Waals surface area contributed by atoms with Crippen molar-refractivity contribution in [2.24, 2.45) is 4.99 Å². The molecule has 0 unspecified atom stereocenters. The van der Waals surface area contributed by atoms with E-state index >= 15 is 0 Å². The third kappa shape index (κ3) is 4.45. The van der Waals surface area contributed by atoms with Gasteiger partial charge in [-0.1, -0.05) is 0 Å². The van der Waals surface area contributed by atoms with E-state index in [-0.39, 0.29) is 12.3 Å². The Morgan fingerprint density at radius 2 is 2.18 bits per heavy atom. The molecular formula is C14H17N3O4S. The topological polar surface area (TPSA) is 85.0 Å². The second-order valence-corrected chi connectivity index (χ2v) is 5.76. The number of hydrogen-bond donors (Lipinski definition) is 1. The predicted molar refractivity (Wildman–Crippen MR) is 85.4 cm³/mol. The summed E-state index contributed by atoms with van der Waals surface area (Å²) in [6, 6.07) is 5.84. The number of nitrogens with zero attached hydrogens (tertiary/aromatic N) is 3. The molecule has 0 bridgehead atoms. The number of thiol groups is 1. The van der Waals surface area contributed by atoms with Gasteiger partial charge >= 0.3 is 6.09 Å². The Balaban J connectivity index is 1.85. The maximum atomic E-state index is 11.7. The number of rotatable bonds is 3. The Hall–Kier alpha value is -2.09. The van der Waals surface area contributed by atoms with Gasteiger partial charge in [0, 0.05) is 30.5 Å². The van der Waals surface area contributed by atoms with Crippen LogP contribution in [0.25, 0.3) is 0 Å². The van der Waals surface area contributed by atoms with Crippen LogP contribution >= 0.6 is 12.6 Å². The van der Waals surface area contributed by atoms with Crippen LogP contribution in [0, 0.1) is 10.1 Å². The summed E-state index contributed by atoms with van der Waals surface area (Å²) in [7, 11) is 0. The molecule has 1 aromatic rings. The smallest absolute Gasteiger partial charge is 0.435 e. The molecule has 1 heterocycles. The van der Waals surface area contributed by atoms with Crippen LogP contribution in [0.2, 0.25) is 0 Å². The van der Waals surface area contributed by atoms with Crippen LogP contribution in [0.4, 0.5) is 10.5 Å². The highest BCUT2D eigenvalue weighted by Crippen LogP contribution is 2.15. The Bertz CT molecular complexity index is 588. The summed E-state index contributed by atoms with van der Waals surface area (Å²) in [5.74, 6) is 0.616. The molecular weight excluding hydrogens is 306 g/mol. The number of non-ortho nitro benzene ring substituents is 1. The lowest BCUT2D eigenvalue weighted by Crippen LogP contribution is -2.27. The van der Waals surface area contributed by atoms with Crippen molar-refractivity contribution in [3.05, 3.63) is 39.9 Å². The minimum Gasteiger partial charge on any atom is -0.443 e. The molecule has 7 nitrogen and oxygen atoms in total. The van der Waals surface area contributed by atoms with E-state index in [9.17, 15) is 14.9 Å². The normalized spacial score (nSPS) is 18.4. The average Bonchev–Trinajstić information content (AvgIpc) is 2.92. The van der Waals surface area contributed by atoms with Crippen molar-refractivity contribution < 1.29 is 14.5 Å². The van der Waals surface area contributed by atoms with Crippen molar-refractivity contribution >= 4 is 30.2 Å². The zero-order valence-electron chi connectivity index (χ0n) is 12.1. The fraction of sp³-hybridized carbons (Fsp3) is 0.429. The third-order valence-electron chi connectivity index (χ3n) is 3.38. The van der Waals surface area contributed by atoms with Crippen LogP contribution in [0.1, 0.15) is 18.9 Å². The molecule has 1 amide bonds. The first kappa shape index (κ1) is 16.3. The Morgan fingerprint density at radius 1 is 1.50 bits per heavy atom. The highest BCUT2D eigenvalue weighted by Gasteiger charge is 2.20. The Labute approximate surface area is 133 Å². The standard InChI is InChI=1S/C14H17N3O4S/c1-10(16-7-6-13(22)8-16)15-14(18)21-9-11-2-4-12(5-3-11)17(19)20/h2-5,13,22H,6-9H2,1H3/t13-/m0/s1. The van der Waals surface area contributed by atoms with E-state index in [4.69, 9.17) is 4.74 Å². The summed E-state index contributed by atoms with van der Waals surface area (Å²) in [6.07, 6.45) is 0.298.